The number of para-hydroxylation sites is 4. The highest BCUT2D eigenvalue weighted by atomic mass is 16.5. The van der Waals surface area contributed by atoms with Crippen LogP contribution >= 0.6 is 0 Å². The minimum absolute atomic E-state index is 0.639. The smallest absolute Gasteiger partial charge is 0.160 e. The molecule has 0 saturated heterocycles. The van der Waals surface area contributed by atoms with Crippen molar-refractivity contribution in [3.05, 3.63) is 432 Å². The van der Waals surface area contributed by atoms with Crippen molar-refractivity contribution in [3.63, 3.8) is 0 Å². The van der Waals surface area contributed by atoms with Crippen LogP contribution in [-0.2, 0) is 10.8 Å². The summed E-state index contributed by atoms with van der Waals surface area (Å²) in [6.45, 7) is 0. The van der Waals surface area contributed by atoms with Crippen LogP contribution in [0.4, 0.5) is 0 Å². The van der Waals surface area contributed by atoms with E-state index < -0.39 is 10.8 Å². The number of hydrogen-bond donors (Lipinski definition) is 0. The van der Waals surface area contributed by atoms with E-state index in [0.29, 0.717) is 22.8 Å². The van der Waals surface area contributed by atoms with Gasteiger partial charge in [0.25, 0.3) is 0 Å². The molecule has 2 aliphatic heterocycles. The predicted molar refractivity (Wildman–Crippen MR) is 437 cm³/mol. The average molecular weight is 1400 g/mol. The number of hydrogen-bond acceptors (Lipinski definition) is 8. The van der Waals surface area contributed by atoms with Crippen molar-refractivity contribution in [1.29, 1.82) is 10.5 Å². The maximum atomic E-state index is 10.3. The molecule has 0 fully saturated rings. The molecule has 2 unspecified atom stereocenters. The number of rotatable bonds is 9. The Labute approximate surface area is 637 Å². The number of ether oxygens (including phenoxy) is 2. The highest BCUT2D eigenvalue weighted by molar-refractivity contribution is 5.98. The second kappa shape index (κ2) is 26.6. The Bertz CT molecular complexity index is 6540. The lowest BCUT2D eigenvalue weighted by molar-refractivity contribution is 0.438. The number of nitrogens with zero attached hydrogens (tertiary/aromatic N) is 6. The Morgan fingerprint density at radius 3 is 1.09 bits per heavy atom. The van der Waals surface area contributed by atoms with E-state index in [9.17, 15) is 10.5 Å². The van der Waals surface area contributed by atoms with Gasteiger partial charge in [-0.25, -0.2) is 19.9 Å². The molecule has 0 saturated carbocycles. The summed E-state index contributed by atoms with van der Waals surface area (Å²) < 4.78 is 14.0. The molecule has 512 valence electrons. The molecule has 2 aromatic heterocycles. The standard InChI is InChI=1S/C54H33N3O.C48H29N3O/c55-34-35-25-27-38(28-26-35)41-18-11-22-46-51(41)42-17-7-8-20-44(42)54(46)45-21-9-10-24-50(45)58-52-43(19-12-23-47(52)54)49-33-48(56-53(57-49)40-15-5-2-6-16-40)39-31-29-37(30-32-39)36-13-3-1-4-14-36;49-30-35-17-11-22-40-45(35)37-18-7-8-20-38(37)48(40)39-21-9-10-24-44(39)52-46-36(19-12-23-41(46)48)31-25-27-33(28-26-31)43-29-42(32-13-3-1-4-14-32)50-47(51-43)34-15-5-2-6-16-34/h1-33H;1-29H. The topological polar surface area (TPSA) is 118 Å². The molecule has 2 aliphatic carbocycles. The Kier molecular flexibility index (Phi) is 15.6. The zero-order chi connectivity index (χ0) is 73.3. The Hall–Kier alpha value is -15.0. The molecule has 0 N–H and O–H groups in total. The third-order valence-corrected chi connectivity index (χ3v) is 22.1. The normalized spacial score (nSPS) is 14.6. The molecule has 0 bridgehead atoms. The maximum absolute atomic E-state index is 10.3. The molecule has 4 aliphatic rings. The van der Waals surface area contributed by atoms with Gasteiger partial charge in [-0.2, -0.15) is 10.5 Å². The summed E-state index contributed by atoms with van der Waals surface area (Å²) in [5.41, 5.74) is 29.1. The van der Waals surface area contributed by atoms with E-state index in [-0.39, 0.29) is 0 Å². The van der Waals surface area contributed by atoms with Crippen molar-refractivity contribution in [2.75, 3.05) is 0 Å². The lowest BCUT2D eigenvalue weighted by Crippen LogP contribution is -2.32. The van der Waals surface area contributed by atoms with Crippen molar-refractivity contribution in [2.24, 2.45) is 0 Å². The van der Waals surface area contributed by atoms with Crippen molar-refractivity contribution in [2.45, 2.75) is 10.8 Å². The quantitative estimate of drug-likeness (QED) is 0.140. The van der Waals surface area contributed by atoms with Crippen LogP contribution in [0.1, 0.15) is 55.6 Å². The molecule has 17 aromatic rings. The number of nitriles is 2. The highest BCUT2D eigenvalue weighted by Gasteiger charge is 2.54. The molecule has 8 nitrogen and oxygen atoms in total. The second-order valence-electron chi connectivity index (χ2n) is 28.0. The first kappa shape index (κ1) is 64.6. The van der Waals surface area contributed by atoms with Gasteiger partial charge in [0.15, 0.2) is 11.6 Å². The van der Waals surface area contributed by atoms with Gasteiger partial charge < -0.3 is 9.47 Å². The fraction of sp³-hybridized carbons (Fsp3) is 0.0196. The van der Waals surface area contributed by atoms with E-state index in [0.717, 1.165) is 151 Å². The predicted octanol–water partition coefficient (Wildman–Crippen LogP) is 24.6. The molecule has 21 rings (SSSR count). The lowest BCUT2D eigenvalue weighted by atomic mass is 9.65. The van der Waals surface area contributed by atoms with E-state index in [1.54, 1.807) is 0 Å². The first-order chi connectivity index (χ1) is 54.4. The minimum Gasteiger partial charge on any atom is -0.456 e. The summed E-state index contributed by atoms with van der Waals surface area (Å²) in [6.07, 6.45) is 0. The summed E-state index contributed by atoms with van der Waals surface area (Å²) in [5.74, 6) is 4.55. The lowest BCUT2D eigenvalue weighted by Gasteiger charge is -2.40. The van der Waals surface area contributed by atoms with Gasteiger partial charge in [0.05, 0.1) is 56.9 Å². The van der Waals surface area contributed by atoms with Crippen LogP contribution in [-0.4, -0.2) is 19.9 Å². The molecule has 110 heavy (non-hydrogen) atoms. The van der Waals surface area contributed by atoms with Crippen LogP contribution in [0.15, 0.2) is 376 Å². The monoisotopic (exact) mass is 1400 g/mol. The van der Waals surface area contributed by atoms with E-state index >= 15 is 0 Å². The zero-order valence-electron chi connectivity index (χ0n) is 59.3. The Morgan fingerprint density at radius 1 is 0.227 bits per heavy atom. The van der Waals surface area contributed by atoms with Gasteiger partial charge in [-0.05, 0) is 115 Å². The summed E-state index contributed by atoms with van der Waals surface area (Å²) in [4.78, 5) is 20.5. The molecule has 2 atom stereocenters. The van der Waals surface area contributed by atoms with Crippen molar-refractivity contribution in [3.8, 4) is 159 Å². The van der Waals surface area contributed by atoms with Gasteiger partial charge in [-0.15, -0.1) is 0 Å². The maximum Gasteiger partial charge on any atom is 0.160 e. The van der Waals surface area contributed by atoms with Crippen molar-refractivity contribution in [1.82, 2.24) is 19.9 Å². The SMILES string of the molecule is N#Cc1ccc(-c2cccc3c2-c2ccccc2C32c3ccccc3Oc3c(-c4cc(-c5ccc(-c6ccccc6)cc5)nc(-c5ccccc5)n4)cccc32)cc1.N#Cc1cccc2c1-c1ccccc1C21c2ccccc2Oc2c(-c3ccc(-c4cc(-c5ccccc5)nc(-c5ccccc5)n4)cc3)cccc21. The molecule has 8 heteroatoms. The summed E-state index contributed by atoms with van der Waals surface area (Å²) >= 11 is 0. The molecule has 15 aromatic carbocycles. The molecular weight excluding hydrogens is 1340 g/mol. The van der Waals surface area contributed by atoms with E-state index in [1.165, 1.54) is 27.8 Å². The van der Waals surface area contributed by atoms with E-state index in [2.05, 4.69) is 279 Å². The van der Waals surface area contributed by atoms with Crippen LogP contribution in [0.25, 0.3) is 123 Å². The highest BCUT2D eigenvalue weighted by Crippen LogP contribution is 2.66. The van der Waals surface area contributed by atoms with Crippen LogP contribution in [0, 0.1) is 22.7 Å². The molecule has 0 radical (unpaired) electrons. The van der Waals surface area contributed by atoms with Crippen LogP contribution in [0.5, 0.6) is 23.0 Å². The van der Waals surface area contributed by atoms with Gasteiger partial charge in [0.1, 0.15) is 23.0 Å². The van der Waals surface area contributed by atoms with Gasteiger partial charge >= 0.3 is 0 Å². The number of aromatic nitrogens is 4. The average Bonchev–Trinajstić information content (AvgIpc) is 1.50. The fourth-order valence-electron chi connectivity index (χ4n) is 17.2. The van der Waals surface area contributed by atoms with Crippen LogP contribution in [0.2, 0.25) is 0 Å². The molecule has 2 spiro atoms. The van der Waals surface area contributed by atoms with Crippen LogP contribution in [0.3, 0.4) is 0 Å². The Morgan fingerprint density at radius 2 is 0.564 bits per heavy atom. The van der Waals surface area contributed by atoms with Crippen molar-refractivity contribution < 1.29 is 9.47 Å². The number of benzene rings is 15. The first-order valence-electron chi connectivity index (χ1n) is 36.8. The van der Waals surface area contributed by atoms with Gasteiger partial charge in [0.2, 0.25) is 0 Å². The molecule has 4 heterocycles. The van der Waals surface area contributed by atoms with Gasteiger partial charge in [0, 0.05) is 66.8 Å². The van der Waals surface area contributed by atoms with Gasteiger partial charge in [-0.1, -0.05) is 328 Å². The minimum atomic E-state index is -0.680. The van der Waals surface area contributed by atoms with Gasteiger partial charge in [-0.3, -0.25) is 0 Å². The fourth-order valence-corrected chi connectivity index (χ4v) is 17.2. The first-order valence-corrected chi connectivity index (χ1v) is 36.8. The molecule has 0 amide bonds. The largest absolute Gasteiger partial charge is 0.456 e. The third-order valence-electron chi connectivity index (χ3n) is 22.1. The second-order valence-corrected chi connectivity index (χ2v) is 28.0. The van der Waals surface area contributed by atoms with E-state index in [4.69, 9.17) is 29.4 Å². The number of fused-ring (bicyclic) bond motifs is 18. The summed E-state index contributed by atoms with van der Waals surface area (Å²) in [5, 5.41) is 19.8. The van der Waals surface area contributed by atoms with Crippen LogP contribution < -0.4 is 9.47 Å². The zero-order valence-corrected chi connectivity index (χ0v) is 59.3. The van der Waals surface area contributed by atoms with Crippen molar-refractivity contribution >= 4 is 0 Å². The summed E-state index contributed by atoms with van der Waals surface area (Å²) in [7, 11) is 0. The Balaban J connectivity index is 0.000000145. The summed E-state index contributed by atoms with van der Waals surface area (Å²) in [6, 6.07) is 135. The molecular formula is C102H62N6O2. The van der Waals surface area contributed by atoms with E-state index in [1.807, 2.05) is 109 Å². The third kappa shape index (κ3) is 10.4.